The lowest BCUT2D eigenvalue weighted by Gasteiger charge is -2.35. The second-order valence-corrected chi connectivity index (χ2v) is 6.69. The third kappa shape index (κ3) is 4.10. The first-order chi connectivity index (χ1) is 13.0. The van der Waals surface area contributed by atoms with Gasteiger partial charge in [0, 0.05) is 44.1 Å². The van der Waals surface area contributed by atoms with E-state index in [1.54, 1.807) is 29.4 Å². The molecule has 3 rings (SSSR count). The molecule has 0 spiro atoms. The summed E-state index contributed by atoms with van der Waals surface area (Å²) in [4.78, 5) is 33.1. The molecule has 0 aliphatic carbocycles. The van der Waals surface area contributed by atoms with Gasteiger partial charge in [0.25, 0.3) is 11.8 Å². The molecule has 1 fully saturated rings. The van der Waals surface area contributed by atoms with E-state index in [0.717, 1.165) is 16.9 Å². The molecule has 6 nitrogen and oxygen atoms in total. The second-order valence-electron chi connectivity index (χ2n) is 6.69. The number of pyridine rings is 1. The quantitative estimate of drug-likeness (QED) is 0.834. The van der Waals surface area contributed by atoms with Crippen LogP contribution in [-0.4, -0.2) is 59.4 Å². The Labute approximate surface area is 159 Å². The molecule has 1 aromatic heterocycles. The summed E-state index contributed by atoms with van der Waals surface area (Å²) in [6, 6.07) is 7.34. The van der Waals surface area contributed by atoms with Crippen molar-refractivity contribution in [3.05, 3.63) is 58.9 Å². The number of amides is 2. The van der Waals surface area contributed by atoms with Crippen LogP contribution in [0.3, 0.4) is 0 Å². The zero-order valence-corrected chi connectivity index (χ0v) is 16.1. The molecule has 2 amide bonds. The lowest BCUT2D eigenvalue weighted by atomic mass is 10.0. The lowest BCUT2D eigenvalue weighted by molar-refractivity contribution is 0.0534. The van der Waals surface area contributed by atoms with E-state index in [2.05, 4.69) is 4.98 Å². The summed E-state index contributed by atoms with van der Waals surface area (Å²) in [5.41, 5.74) is 3.14. The number of ether oxygens (including phenoxy) is 1. The van der Waals surface area contributed by atoms with Gasteiger partial charge in [0.05, 0.1) is 12.2 Å². The topological polar surface area (TPSA) is 62.7 Å². The number of carbonyl (C=O) groups excluding carboxylic acids is 2. The molecule has 1 saturated heterocycles. The van der Waals surface area contributed by atoms with Gasteiger partial charge < -0.3 is 14.5 Å². The molecule has 1 aliphatic rings. The SMILES string of the molecule is CCOc1cc(C)c(C(=O)N2CCN(C(=O)c3cccnc3)CC2)cc1C. The number of hydrogen-bond acceptors (Lipinski definition) is 4. The fourth-order valence-corrected chi connectivity index (χ4v) is 3.29. The molecule has 0 unspecified atom stereocenters. The van der Waals surface area contributed by atoms with Crippen LogP contribution >= 0.6 is 0 Å². The molecule has 0 radical (unpaired) electrons. The predicted octanol–water partition coefficient (Wildman–Crippen LogP) is 2.70. The number of rotatable bonds is 4. The monoisotopic (exact) mass is 367 g/mol. The Morgan fingerprint density at radius 3 is 2.30 bits per heavy atom. The Balaban J connectivity index is 1.67. The van der Waals surface area contributed by atoms with Crippen molar-refractivity contribution in [2.45, 2.75) is 20.8 Å². The van der Waals surface area contributed by atoms with Crippen LogP contribution < -0.4 is 4.74 Å². The highest BCUT2D eigenvalue weighted by molar-refractivity contribution is 5.97. The van der Waals surface area contributed by atoms with E-state index in [1.165, 1.54) is 0 Å². The molecule has 142 valence electrons. The summed E-state index contributed by atoms with van der Waals surface area (Å²) >= 11 is 0. The van der Waals surface area contributed by atoms with Crippen LogP contribution in [-0.2, 0) is 0 Å². The van der Waals surface area contributed by atoms with Crippen molar-refractivity contribution in [1.29, 1.82) is 0 Å². The van der Waals surface area contributed by atoms with Crippen LogP contribution in [0.5, 0.6) is 5.75 Å². The summed E-state index contributed by atoms with van der Waals surface area (Å²) in [5, 5.41) is 0. The number of aromatic nitrogens is 1. The molecule has 2 aromatic rings. The Hall–Kier alpha value is -2.89. The van der Waals surface area contributed by atoms with Crippen molar-refractivity contribution in [3.63, 3.8) is 0 Å². The summed E-state index contributed by atoms with van der Waals surface area (Å²) < 4.78 is 5.61. The minimum atomic E-state index is -0.0386. The van der Waals surface area contributed by atoms with Crippen LogP contribution in [0.4, 0.5) is 0 Å². The van der Waals surface area contributed by atoms with Gasteiger partial charge in [-0.05, 0) is 56.2 Å². The number of nitrogens with zero attached hydrogens (tertiary/aromatic N) is 3. The van der Waals surface area contributed by atoms with Crippen LogP contribution in [0.2, 0.25) is 0 Å². The largest absolute Gasteiger partial charge is 0.494 e. The molecular formula is C21H25N3O3. The molecule has 0 bridgehead atoms. The van der Waals surface area contributed by atoms with E-state index >= 15 is 0 Å². The number of piperazine rings is 1. The third-order valence-electron chi connectivity index (χ3n) is 4.81. The molecule has 1 aliphatic heterocycles. The van der Waals surface area contributed by atoms with E-state index in [-0.39, 0.29) is 11.8 Å². The number of benzene rings is 1. The Bertz CT molecular complexity index is 828. The third-order valence-corrected chi connectivity index (χ3v) is 4.81. The highest BCUT2D eigenvalue weighted by Crippen LogP contribution is 2.24. The molecule has 1 aromatic carbocycles. The molecule has 6 heteroatoms. The van der Waals surface area contributed by atoms with E-state index in [1.807, 2.05) is 37.8 Å². The summed E-state index contributed by atoms with van der Waals surface area (Å²) in [6.07, 6.45) is 3.22. The van der Waals surface area contributed by atoms with Gasteiger partial charge in [-0.15, -0.1) is 0 Å². The summed E-state index contributed by atoms with van der Waals surface area (Å²) in [6.45, 7) is 8.51. The predicted molar refractivity (Wildman–Crippen MR) is 103 cm³/mol. The van der Waals surface area contributed by atoms with Crippen LogP contribution in [0.15, 0.2) is 36.7 Å². The normalized spacial score (nSPS) is 14.2. The maximum atomic E-state index is 13.0. The zero-order chi connectivity index (χ0) is 19.4. The van der Waals surface area contributed by atoms with Crippen molar-refractivity contribution in [1.82, 2.24) is 14.8 Å². The average molecular weight is 367 g/mol. The summed E-state index contributed by atoms with van der Waals surface area (Å²) in [5.74, 6) is 0.786. The van der Waals surface area contributed by atoms with E-state index in [9.17, 15) is 9.59 Å². The fourth-order valence-electron chi connectivity index (χ4n) is 3.29. The minimum absolute atomic E-state index is 0.00660. The molecule has 2 heterocycles. The molecule has 0 N–H and O–H groups in total. The number of aryl methyl sites for hydroxylation is 2. The first kappa shape index (κ1) is 18.9. The van der Waals surface area contributed by atoms with Crippen molar-refractivity contribution in [2.75, 3.05) is 32.8 Å². The standard InChI is InChI=1S/C21H25N3O3/c1-4-27-19-13-15(2)18(12-16(19)3)21(26)24-10-8-23(9-11-24)20(25)17-6-5-7-22-14-17/h5-7,12-14H,4,8-11H2,1-3H3. The first-order valence-corrected chi connectivity index (χ1v) is 9.24. The van der Waals surface area contributed by atoms with E-state index < -0.39 is 0 Å². The van der Waals surface area contributed by atoms with Gasteiger partial charge in [-0.2, -0.15) is 0 Å². The van der Waals surface area contributed by atoms with Gasteiger partial charge in [0.1, 0.15) is 5.75 Å². The van der Waals surface area contributed by atoms with E-state index in [0.29, 0.717) is 43.9 Å². The molecular weight excluding hydrogens is 342 g/mol. The Morgan fingerprint density at radius 2 is 1.70 bits per heavy atom. The number of hydrogen-bond donors (Lipinski definition) is 0. The van der Waals surface area contributed by atoms with Crippen LogP contribution in [0.1, 0.15) is 38.8 Å². The van der Waals surface area contributed by atoms with Crippen LogP contribution in [0, 0.1) is 13.8 Å². The van der Waals surface area contributed by atoms with Gasteiger partial charge in [-0.1, -0.05) is 0 Å². The van der Waals surface area contributed by atoms with Crippen LogP contribution in [0.25, 0.3) is 0 Å². The molecule has 0 saturated carbocycles. The Morgan fingerprint density at radius 1 is 1.04 bits per heavy atom. The van der Waals surface area contributed by atoms with Crippen molar-refractivity contribution in [3.8, 4) is 5.75 Å². The van der Waals surface area contributed by atoms with Gasteiger partial charge >= 0.3 is 0 Å². The Kier molecular flexibility index (Phi) is 5.74. The molecule has 0 atom stereocenters. The molecule has 27 heavy (non-hydrogen) atoms. The highest BCUT2D eigenvalue weighted by Gasteiger charge is 2.26. The minimum Gasteiger partial charge on any atom is -0.494 e. The van der Waals surface area contributed by atoms with E-state index in [4.69, 9.17) is 4.74 Å². The first-order valence-electron chi connectivity index (χ1n) is 9.24. The smallest absolute Gasteiger partial charge is 0.255 e. The summed E-state index contributed by atoms with van der Waals surface area (Å²) in [7, 11) is 0. The van der Waals surface area contributed by atoms with Gasteiger partial charge in [-0.3, -0.25) is 14.6 Å². The van der Waals surface area contributed by atoms with Crippen molar-refractivity contribution >= 4 is 11.8 Å². The maximum absolute atomic E-state index is 13.0. The van der Waals surface area contributed by atoms with Crippen molar-refractivity contribution in [2.24, 2.45) is 0 Å². The van der Waals surface area contributed by atoms with Gasteiger partial charge in [0.15, 0.2) is 0 Å². The van der Waals surface area contributed by atoms with Gasteiger partial charge in [-0.25, -0.2) is 0 Å². The average Bonchev–Trinajstić information content (AvgIpc) is 2.70. The number of carbonyl (C=O) groups is 2. The zero-order valence-electron chi connectivity index (χ0n) is 16.1. The maximum Gasteiger partial charge on any atom is 0.255 e. The fraction of sp³-hybridized carbons (Fsp3) is 0.381. The highest BCUT2D eigenvalue weighted by atomic mass is 16.5. The second kappa shape index (κ2) is 8.20. The lowest BCUT2D eigenvalue weighted by Crippen LogP contribution is -2.50. The van der Waals surface area contributed by atoms with Crippen molar-refractivity contribution < 1.29 is 14.3 Å². The van der Waals surface area contributed by atoms with Gasteiger partial charge in [0.2, 0.25) is 0 Å².